The highest BCUT2D eigenvalue weighted by molar-refractivity contribution is 7.80. The van der Waals surface area contributed by atoms with E-state index in [2.05, 4.69) is 4.90 Å². The van der Waals surface area contributed by atoms with Gasteiger partial charge in [-0.25, -0.2) is 0 Å². The molecular weight excluding hydrogens is 220 g/mol. The highest BCUT2D eigenvalue weighted by atomic mass is 32.1. The molecule has 2 aliphatic heterocycles. The van der Waals surface area contributed by atoms with Crippen molar-refractivity contribution in [1.29, 1.82) is 0 Å². The van der Waals surface area contributed by atoms with Crippen LogP contribution in [-0.4, -0.2) is 41.7 Å². The van der Waals surface area contributed by atoms with Crippen molar-refractivity contribution in [3.63, 3.8) is 0 Å². The van der Waals surface area contributed by atoms with Gasteiger partial charge in [-0.1, -0.05) is 18.6 Å². The van der Waals surface area contributed by atoms with E-state index in [1.807, 2.05) is 0 Å². The van der Waals surface area contributed by atoms with E-state index in [-0.39, 0.29) is 0 Å². The third kappa shape index (κ3) is 3.15. The second-order valence-corrected chi connectivity index (χ2v) is 5.37. The Kier molecular flexibility index (Phi) is 4.55. The van der Waals surface area contributed by atoms with Gasteiger partial charge in [0.05, 0.1) is 17.1 Å². The molecule has 16 heavy (non-hydrogen) atoms. The second kappa shape index (κ2) is 5.94. The van der Waals surface area contributed by atoms with E-state index in [9.17, 15) is 0 Å². The molecule has 2 unspecified atom stereocenters. The summed E-state index contributed by atoms with van der Waals surface area (Å²) >= 11 is 5.16. The maximum atomic E-state index is 5.81. The molecule has 0 bridgehead atoms. The van der Waals surface area contributed by atoms with E-state index in [4.69, 9.17) is 22.7 Å². The Labute approximate surface area is 103 Å². The van der Waals surface area contributed by atoms with Gasteiger partial charge in [-0.05, 0) is 38.6 Å². The average Bonchev–Trinajstić information content (AvgIpc) is 2.31. The lowest BCUT2D eigenvalue weighted by atomic mass is 10.0. The molecule has 2 rings (SSSR count). The lowest BCUT2D eigenvalue weighted by Gasteiger charge is -2.38. The minimum Gasteiger partial charge on any atom is -0.392 e. The highest BCUT2D eigenvalue weighted by Gasteiger charge is 2.27. The summed E-state index contributed by atoms with van der Waals surface area (Å²) in [4.78, 5) is 3.09. The number of rotatable bonds is 3. The monoisotopic (exact) mass is 242 g/mol. The Morgan fingerprint density at radius 2 is 2.06 bits per heavy atom. The summed E-state index contributed by atoms with van der Waals surface area (Å²) < 4.78 is 5.78. The minimum atomic E-state index is 0.314. The van der Waals surface area contributed by atoms with Gasteiger partial charge < -0.3 is 10.5 Å². The molecule has 0 saturated carbocycles. The number of nitrogens with two attached hydrogens (primary N) is 1. The molecule has 92 valence electrons. The van der Waals surface area contributed by atoms with E-state index in [1.165, 1.54) is 32.1 Å². The Bertz CT molecular complexity index is 241. The Balaban J connectivity index is 1.87. The van der Waals surface area contributed by atoms with Crippen LogP contribution >= 0.6 is 12.2 Å². The number of thiocarbonyl (C=S) groups is 1. The van der Waals surface area contributed by atoms with Gasteiger partial charge in [0.15, 0.2) is 0 Å². The Hall–Kier alpha value is -0.190. The molecule has 2 saturated heterocycles. The van der Waals surface area contributed by atoms with Crippen LogP contribution in [0.15, 0.2) is 0 Å². The fourth-order valence-corrected chi connectivity index (χ4v) is 3.01. The summed E-state index contributed by atoms with van der Waals surface area (Å²) in [5.41, 5.74) is 5.81. The molecule has 2 N–H and O–H groups in total. The predicted octanol–water partition coefficient (Wildman–Crippen LogP) is 1.70. The van der Waals surface area contributed by atoms with E-state index in [1.54, 1.807) is 0 Å². The number of piperidine rings is 1. The normalized spacial score (nSPS) is 32.5. The molecule has 2 atom stereocenters. The summed E-state index contributed by atoms with van der Waals surface area (Å²) in [6.45, 7) is 3.07. The van der Waals surface area contributed by atoms with E-state index in [0.29, 0.717) is 17.1 Å². The van der Waals surface area contributed by atoms with Crippen molar-refractivity contribution in [3.8, 4) is 0 Å². The van der Waals surface area contributed by atoms with Crippen LogP contribution in [0.25, 0.3) is 0 Å². The van der Waals surface area contributed by atoms with Crippen LogP contribution in [0.4, 0.5) is 0 Å². The molecule has 2 aliphatic rings. The highest BCUT2D eigenvalue weighted by Crippen LogP contribution is 2.21. The van der Waals surface area contributed by atoms with Gasteiger partial charge in [0.2, 0.25) is 0 Å². The second-order valence-electron chi connectivity index (χ2n) is 4.90. The maximum absolute atomic E-state index is 5.81. The van der Waals surface area contributed by atoms with Crippen LogP contribution in [0, 0.1) is 0 Å². The standard InChI is InChI=1S/C12H22N2OS/c13-12(16)11-6-1-3-7-14(11)9-10-5-2-4-8-15-10/h10-11H,1-9H2,(H2,13,16). The van der Waals surface area contributed by atoms with Gasteiger partial charge >= 0.3 is 0 Å². The fraction of sp³-hybridized carbons (Fsp3) is 0.917. The van der Waals surface area contributed by atoms with Crippen molar-refractivity contribution in [2.45, 2.75) is 50.7 Å². The topological polar surface area (TPSA) is 38.5 Å². The fourth-order valence-electron chi connectivity index (χ4n) is 2.74. The van der Waals surface area contributed by atoms with Crippen LogP contribution in [0.1, 0.15) is 38.5 Å². The minimum absolute atomic E-state index is 0.314. The van der Waals surface area contributed by atoms with Gasteiger partial charge in [0.1, 0.15) is 0 Å². The Morgan fingerprint density at radius 1 is 1.25 bits per heavy atom. The van der Waals surface area contributed by atoms with Crippen LogP contribution in [0.3, 0.4) is 0 Å². The van der Waals surface area contributed by atoms with Crippen molar-refractivity contribution >= 4 is 17.2 Å². The summed E-state index contributed by atoms with van der Waals surface area (Å²) in [7, 11) is 0. The zero-order valence-corrected chi connectivity index (χ0v) is 10.7. The lowest BCUT2D eigenvalue weighted by Crippen LogP contribution is -2.50. The summed E-state index contributed by atoms with van der Waals surface area (Å²) in [6, 6.07) is 0.314. The molecule has 4 heteroatoms. The molecule has 0 aromatic heterocycles. The van der Waals surface area contributed by atoms with Crippen molar-refractivity contribution in [3.05, 3.63) is 0 Å². The van der Waals surface area contributed by atoms with E-state index >= 15 is 0 Å². The first-order chi connectivity index (χ1) is 7.77. The molecule has 2 heterocycles. The third-order valence-corrected chi connectivity index (χ3v) is 3.93. The molecule has 0 amide bonds. The van der Waals surface area contributed by atoms with Gasteiger partial charge in [0.25, 0.3) is 0 Å². The molecule has 0 aromatic rings. The van der Waals surface area contributed by atoms with Crippen molar-refractivity contribution in [2.75, 3.05) is 19.7 Å². The van der Waals surface area contributed by atoms with Crippen LogP contribution in [0.5, 0.6) is 0 Å². The first-order valence-corrected chi connectivity index (χ1v) is 6.83. The molecule has 3 nitrogen and oxygen atoms in total. The SMILES string of the molecule is NC(=S)C1CCCCN1CC1CCCCO1. The predicted molar refractivity (Wildman–Crippen MR) is 69.6 cm³/mol. The van der Waals surface area contributed by atoms with Crippen LogP contribution < -0.4 is 5.73 Å². The van der Waals surface area contributed by atoms with Crippen LogP contribution in [-0.2, 0) is 4.74 Å². The molecule has 0 aliphatic carbocycles. The first kappa shape index (κ1) is 12.3. The zero-order chi connectivity index (χ0) is 11.4. The zero-order valence-electron chi connectivity index (χ0n) is 9.86. The molecule has 0 aromatic carbocycles. The quantitative estimate of drug-likeness (QED) is 0.765. The third-order valence-electron chi connectivity index (χ3n) is 3.65. The number of likely N-dealkylation sites (tertiary alicyclic amines) is 1. The van der Waals surface area contributed by atoms with Crippen molar-refractivity contribution in [2.24, 2.45) is 5.73 Å². The molecule has 2 fully saturated rings. The number of nitrogens with zero attached hydrogens (tertiary/aromatic N) is 1. The average molecular weight is 242 g/mol. The first-order valence-electron chi connectivity index (χ1n) is 6.42. The van der Waals surface area contributed by atoms with Crippen LogP contribution in [0.2, 0.25) is 0 Å². The summed E-state index contributed by atoms with van der Waals surface area (Å²) in [6.07, 6.45) is 7.77. The van der Waals surface area contributed by atoms with Gasteiger partial charge in [-0.15, -0.1) is 0 Å². The Morgan fingerprint density at radius 3 is 2.75 bits per heavy atom. The maximum Gasteiger partial charge on any atom is 0.0902 e. The number of ether oxygens (including phenoxy) is 1. The molecule has 0 spiro atoms. The van der Waals surface area contributed by atoms with Crippen molar-refractivity contribution < 1.29 is 4.74 Å². The summed E-state index contributed by atoms with van der Waals surface area (Å²) in [5.74, 6) is 0. The lowest BCUT2D eigenvalue weighted by molar-refractivity contribution is -0.0129. The van der Waals surface area contributed by atoms with E-state index < -0.39 is 0 Å². The molecular formula is C12H22N2OS. The van der Waals surface area contributed by atoms with Crippen molar-refractivity contribution in [1.82, 2.24) is 4.90 Å². The van der Waals surface area contributed by atoms with Gasteiger partial charge in [0, 0.05) is 13.2 Å². The molecule has 0 radical (unpaired) electrons. The van der Waals surface area contributed by atoms with E-state index in [0.717, 1.165) is 26.1 Å². The van der Waals surface area contributed by atoms with Gasteiger partial charge in [-0.2, -0.15) is 0 Å². The number of hydrogen-bond donors (Lipinski definition) is 1. The summed E-state index contributed by atoms with van der Waals surface area (Å²) in [5, 5.41) is 0. The number of hydrogen-bond acceptors (Lipinski definition) is 3. The smallest absolute Gasteiger partial charge is 0.0902 e. The largest absolute Gasteiger partial charge is 0.392 e. The van der Waals surface area contributed by atoms with Gasteiger partial charge in [-0.3, -0.25) is 4.90 Å².